The molecule has 172 valence electrons. The van der Waals surface area contributed by atoms with E-state index in [1.165, 1.54) is 128 Å². The highest BCUT2D eigenvalue weighted by Gasteiger charge is 2.49. The maximum atomic E-state index is 3.25. The van der Waals surface area contributed by atoms with Crippen molar-refractivity contribution in [3.63, 3.8) is 0 Å². The van der Waals surface area contributed by atoms with Crippen LogP contribution in [0.5, 0.6) is 0 Å². The number of hydrogen-bond donors (Lipinski definition) is 0. The van der Waals surface area contributed by atoms with Gasteiger partial charge in [-0.1, -0.05) is 95.2 Å². The Morgan fingerprint density at radius 3 is 1.55 bits per heavy atom. The van der Waals surface area contributed by atoms with E-state index in [0.29, 0.717) is 10.8 Å². The summed E-state index contributed by atoms with van der Waals surface area (Å²) in [7, 11) is 3.25. The van der Waals surface area contributed by atoms with Gasteiger partial charge in [-0.05, 0) is 90.5 Å². The third-order valence-corrected chi connectivity index (χ3v) is 10.9. The zero-order valence-corrected chi connectivity index (χ0v) is 21.3. The summed E-state index contributed by atoms with van der Waals surface area (Å²) in [6.45, 7) is 0. The molecule has 0 radical (unpaired) electrons. The van der Waals surface area contributed by atoms with Gasteiger partial charge in [-0.2, -0.15) is 0 Å². The first-order valence-electron chi connectivity index (χ1n) is 14.2. The minimum absolute atomic E-state index is 0.478. The normalized spacial score (nSPS) is 27.8. The molecule has 0 aromatic heterocycles. The van der Waals surface area contributed by atoms with Crippen LogP contribution in [0.25, 0.3) is 0 Å². The van der Waals surface area contributed by atoms with Crippen molar-refractivity contribution in [2.45, 2.75) is 139 Å². The molecule has 31 heavy (non-hydrogen) atoms. The van der Waals surface area contributed by atoms with E-state index in [2.05, 4.69) is 27.4 Å². The first-order valence-corrected chi connectivity index (χ1v) is 14.7. The van der Waals surface area contributed by atoms with Crippen LogP contribution in [-0.4, -0.2) is 0 Å². The van der Waals surface area contributed by atoms with E-state index in [9.17, 15) is 0 Å². The topological polar surface area (TPSA) is 0 Å². The molecule has 4 aliphatic carbocycles. The molecule has 1 aromatic carbocycles. The lowest BCUT2D eigenvalue weighted by Crippen LogP contribution is -2.46. The number of hydrogen-bond acceptors (Lipinski definition) is 0. The third kappa shape index (κ3) is 4.18. The maximum Gasteiger partial charge on any atom is -0.000968 e. The van der Waals surface area contributed by atoms with Gasteiger partial charge in [-0.15, -0.1) is 9.24 Å². The summed E-state index contributed by atoms with van der Waals surface area (Å²) in [5.41, 5.74) is 4.70. The molecule has 0 heterocycles. The van der Waals surface area contributed by atoms with Crippen LogP contribution < -0.4 is 5.30 Å². The quantitative estimate of drug-likeness (QED) is 0.412. The number of rotatable bonds is 4. The van der Waals surface area contributed by atoms with E-state index in [-0.39, 0.29) is 0 Å². The predicted octanol–water partition coefficient (Wildman–Crippen LogP) is 8.75. The van der Waals surface area contributed by atoms with Crippen LogP contribution in [0.4, 0.5) is 0 Å². The van der Waals surface area contributed by atoms with Crippen LogP contribution in [-0.2, 0) is 10.8 Å². The SMILES string of the molecule is Pc1cccc(C2(C3CCCCC3)CCCCC2)c1C1(C2CCCCC2)CCCCC1. The average molecular weight is 439 g/mol. The molecule has 0 amide bonds. The Bertz CT molecular complexity index is 710. The van der Waals surface area contributed by atoms with Crippen molar-refractivity contribution in [2.75, 3.05) is 0 Å². The third-order valence-electron chi connectivity index (χ3n) is 10.4. The van der Waals surface area contributed by atoms with E-state index < -0.39 is 0 Å². The second-order valence-electron chi connectivity index (χ2n) is 11.9. The van der Waals surface area contributed by atoms with Crippen molar-refractivity contribution in [1.82, 2.24) is 0 Å². The molecule has 1 atom stereocenters. The summed E-state index contributed by atoms with van der Waals surface area (Å²) in [5.74, 6) is 1.88. The Hall–Kier alpha value is -0.350. The second kappa shape index (κ2) is 9.87. The molecule has 4 saturated carbocycles. The summed E-state index contributed by atoms with van der Waals surface area (Å²) >= 11 is 0. The fourth-order valence-corrected chi connectivity index (χ4v) is 9.53. The first-order chi connectivity index (χ1) is 15.3. The lowest BCUT2D eigenvalue weighted by Gasteiger charge is -2.52. The van der Waals surface area contributed by atoms with Crippen molar-refractivity contribution in [2.24, 2.45) is 11.8 Å². The fraction of sp³-hybridized carbons (Fsp3) is 0.800. The molecule has 1 unspecified atom stereocenters. The molecule has 1 heteroatoms. The van der Waals surface area contributed by atoms with E-state index in [1.807, 2.05) is 11.1 Å². The molecule has 0 nitrogen and oxygen atoms in total. The summed E-state index contributed by atoms with van der Waals surface area (Å²) < 4.78 is 0. The van der Waals surface area contributed by atoms with E-state index in [0.717, 1.165) is 11.8 Å². The zero-order chi connectivity index (χ0) is 21.2. The van der Waals surface area contributed by atoms with Crippen LogP contribution in [0, 0.1) is 11.8 Å². The molecule has 4 fully saturated rings. The number of benzene rings is 1. The predicted molar refractivity (Wildman–Crippen MR) is 138 cm³/mol. The van der Waals surface area contributed by atoms with Gasteiger partial charge < -0.3 is 0 Å². The molecule has 0 bridgehead atoms. The summed E-state index contributed by atoms with van der Waals surface area (Å²) in [6.07, 6.45) is 29.6. The van der Waals surface area contributed by atoms with E-state index in [1.54, 1.807) is 5.30 Å². The highest BCUT2D eigenvalue weighted by Crippen LogP contribution is 2.56. The van der Waals surface area contributed by atoms with Gasteiger partial charge in [0.25, 0.3) is 0 Å². The van der Waals surface area contributed by atoms with Gasteiger partial charge in [0.2, 0.25) is 0 Å². The van der Waals surface area contributed by atoms with Crippen molar-refractivity contribution < 1.29 is 0 Å². The minimum Gasteiger partial charge on any atom is -0.105 e. The van der Waals surface area contributed by atoms with Gasteiger partial charge in [0.1, 0.15) is 0 Å². The molecule has 0 N–H and O–H groups in total. The van der Waals surface area contributed by atoms with Gasteiger partial charge >= 0.3 is 0 Å². The molecular weight excluding hydrogens is 391 g/mol. The summed E-state index contributed by atoms with van der Waals surface area (Å²) in [4.78, 5) is 0. The lowest BCUT2D eigenvalue weighted by atomic mass is 9.52. The highest BCUT2D eigenvalue weighted by atomic mass is 31.0. The van der Waals surface area contributed by atoms with Gasteiger partial charge in [0, 0.05) is 0 Å². The lowest BCUT2D eigenvalue weighted by molar-refractivity contribution is 0.126. The van der Waals surface area contributed by atoms with E-state index >= 15 is 0 Å². The zero-order valence-electron chi connectivity index (χ0n) is 20.1. The Kier molecular flexibility index (Phi) is 7.15. The minimum atomic E-state index is 0.478. The van der Waals surface area contributed by atoms with Crippen LogP contribution >= 0.6 is 9.24 Å². The Balaban J connectivity index is 1.65. The molecule has 0 spiro atoms. The Morgan fingerprint density at radius 1 is 0.548 bits per heavy atom. The van der Waals surface area contributed by atoms with Crippen molar-refractivity contribution in [3.8, 4) is 0 Å². The van der Waals surface area contributed by atoms with Gasteiger partial charge in [-0.3, -0.25) is 0 Å². The van der Waals surface area contributed by atoms with Gasteiger partial charge in [0.15, 0.2) is 0 Å². The molecule has 4 aliphatic rings. The summed E-state index contributed by atoms with van der Waals surface area (Å²) in [5, 5.41) is 1.57. The van der Waals surface area contributed by atoms with Crippen molar-refractivity contribution >= 4 is 14.5 Å². The average Bonchev–Trinajstić information content (AvgIpc) is 2.86. The fourth-order valence-electron chi connectivity index (χ4n) is 8.98. The molecule has 5 rings (SSSR count). The monoisotopic (exact) mass is 438 g/mol. The Labute approximate surface area is 194 Å². The van der Waals surface area contributed by atoms with Crippen LogP contribution in [0.15, 0.2) is 18.2 Å². The summed E-state index contributed by atoms with van der Waals surface area (Å²) in [6, 6.07) is 7.54. The smallest absolute Gasteiger partial charge is 0.000968 e. The molecule has 1 aromatic rings. The second-order valence-corrected chi connectivity index (χ2v) is 12.5. The van der Waals surface area contributed by atoms with Crippen LogP contribution in [0.2, 0.25) is 0 Å². The molecule has 0 saturated heterocycles. The molecule has 0 aliphatic heterocycles. The first kappa shape index (κ1) is 22.4. The maximum absolute atomic E-state index is 3.25. The van der Waals surface area contributed by atoms with E-state index in [4.69, 9.17) is 0 Å². The van der Waals surface area contributed by atoms with Crippen molar-refractivity contribution in [3.05, 3.63) is 29.3 Å². The van der Waals surface area contributed by atoms with Gasteiger partial charge in [0.05, 0.1) is 0 Å². The largest absolute Gasteiger partial charge is 0.105 e. The van der Waals surface area contributed by atoms with Crippen LogP contribution in [0.1, 0.15) is 140 Å². The highest BCUT2D eigenvalue weighted by molar-refractivity contribution is 7.27. The van der Waals surface area contributed by atoms with Crippen LogP contribution in [0.3, 0.4) is 0 Å². The Morgan fingerprint density at radius 2 is 1.00 bits per heavy atom. The molecular formula is C30H47P. The van der Waals surface area contributed by atoms with Gasteiger partial charge in [-0.25, -0.2) is 0 Å². The standard InChI is InChI=1S/C30H47P/c31-27-19-13-18-26(29(20-9-3-10-21-29)24-14-5-1-6-15-24)28(27)30(22-11-4-12-23-30)25-16-7-2-8-17-25/h13,18-19,24-25H,1-12,14-17,20-23,31H2. The van der Waals surface area contributed by atoms with Crippen molar-refractivity contribution in [1.29, 1.82) is 0 Å².